The fourth-order valence-corrected chi connectivity index (χ4v) is 5.60. The van der Waals surface area contributed by atoms with Crippen LogP contribution in [0.4, 0.5) is 0 Å². The zero-order valence-corrected chi connectivity index (χ0v) is 16.2. The van der Waals surface area contributed by atoms with Crippen LogP contribution in [0, 0.1) is 0 Å². The van der Waals surface area contributed by atoms with Gasteiger partial charge in [-0.25, -0.2) is 0 Å². The molecule has 0 aliphatic heterocycles. The summed E-state index contributed by atoms with van der Waals surface area (Å²) in [7, 11) is -1.46. The lowest BCUT2D eigenvalue weighted by atomic mass is 10.1. The zero-order chi connectivity index (χ0) is 14.7. The molecule has 1 atom stereocenters. The van der Waals surface area contributed by atoms with Gasteiger partial charge in [-0.05, 0) is 42.4 Å². The van der Waals surface area contributed by atoms with Crippen LogP contribution in [0.2, 0.25) is 18.1 Å². The van der Waals surface area contributed by atoms with Crippen molar-refractivity contribution >= 4 is 24.2 Å². The minimum atomic E-state index is -1.46. The highest BCUT2D eigenvalue weighted by Crippen LogP contribution is 2.27. The van der Waals surface area contributed by atoms with Gasteiger partial charge in [0.2, 0.25) is 0 Å². The van der Waals surface area contributed by atoms with Gasteiger partial charge < -0.3 is 4.43 Å². The van der Waals surface area contributed by atoms with Crippen molar-refractivity contribution in [1.82, 2.24) is 0 Å². The van der Waals surface area contributed by atoms with Crippen LogP contribution in [0.5, 0.6) is 0 Å². The Morgan fingerprint density at radius 2 is 1.68 bits per heavy atom. The molecule has 0 unspecified atom stereocenters. The van der Waals surface area contributed by atoms with Crippen molar-refractivity contribution in [2.75, 3.05) is 0 Å². The maximum atomic E-state index is 6.66. The van der Waals surface area contributed by atoms with Crippen molar-refractivity contribution in [2.24, 2.45) is 0 Å². The van der Waals surface area contributed by atoms with Crippen molar-refractivity contribution in [2.45, 2.75) is 91.0 Å². The molecule has 0 saturated carbocycles. The first-order valence-corrected chi connectivity index (χ1v) is 11.4. The van der Waals surface area contributed by atoms with Gasteiger partial charge in [-0.15, -0.1) is 0 Å². The monoisotopic (exact) mass is 348 g/mol. The maximum absolute atomic E-state index is 6.66. The van der Waals surface area contributed by atoms with Crippen molar-refractivity contribution in [1.29, 1.82) is 0 Å². The van der Waals surface area contributed by atoms with E-state index in [2.05, 4.69) is 56.6 Å². The first kappa shape index (κ1) is 19.4. The quantitative estimate of drug-likeness (QED) is 0.300. The van der Waals surface area contributed by atoms with Crippen LogP contribution in [0.3, 0.4) is 0 Å². The third-order valence-corrected chi connectivity index (χ3v) is 9.16. The highest BCUT2D eigenvalue weighted by Gasteiger charge is 2.31. The summed E-state index contributed by atoms with van der Waals surface area (Å²) in [4.78, 5) is 0. The molecule has 0 heterocycles. The number of allylic oxidation sites excluding steroid dienone is 1. The second-order valence-corrected chi connectivity index (χ2v) is 11.5. The van der Waals surface area contributed by atoms with E-state index in [0.717, 1.165) is 6.42 Å². The Bertz CT molecular complexity index is 237. The molecule has 0 aromatic carbocycles. The van der Waals surface area contributed by atoms with Gasteiger partial charge in [-0.1, -0.05) is 69.0 Å². The van der Waals surface area contributed by atoms with E-state index >= 15 is 0 Å². The molecule has 0 amide bonds. The normalized spacial score (nSPS) is 14.7. The second kappa shape index (κ2) is 11.1. The third kappa shape index (κ3) is 8.31. The fraction of sp³-hybridized carbons (Fsp3) is 0.875. The standard InChI is InChI=1S/C16H33BrOSi/c1-6-10-11-12-16(14-13-15(5)17)18-19(7-2,8-3)9-4/h13,16H,6-12,14H2,1-5H3/b15-13+/t16-/m1/s1. The van der Waals surface area contributed by atoms with E-state index in [4.69, 9.17) is 4.43 Å². The van der Waals surface area contributed by atoms with Crippen molar-refractivity contribution in [3.8, 4) is 0 Å². The Balaban J connectivity index is 4.57. The van der Waals surface area contributed by atoms with Gasteiger partial charge in [0.15, 0.2) is 8.32 Å². The third-order valence-electron chi connectivity index (χ3n) is 4.14. The molecule has 0 saturated heterocycles. The molecule has 0 aliphatic carbocycles. The molecule has 0 rings (SSSR count). The van der Waals surface area contributed by atoms with Gasteiger partial charge in [0, 0.05) is 6.10 Å². The minimum Gasteiger partial charge on any atom is -0.414 e. The molecule has 0 bridgehead atoms. The predicted octanol–water partition coefficient (Wildman–Crippen LogP) is 6.65. The molecule has 0 aliphatic rings. The van der Waals surface area contributed by atoms with Gasteiger partial charge in [-0.2, -0.15) is 0 Å². The van der Waals surface area contributed by atoms with E-state index < -0.39 is 8.32 Å². The lowest BCUT2D eigenvalue weighted by Crippen LogP contribution is -2.39. The Kier molecular flexibility index (Phi) is 11.3. The predicted molar refractivity (Wildman–Crippen MR) is 93.5 cm³/mol. The molecular weight excluding hydrogens is 316 g/mol. The largest absolute Gasteiger partial charge is 0.414 e. The van der Waals surface area contributed by atoms with E-state index in [0.29, 0.717) is 6.10 Å². The van der Waals surface area contributed by atoms with E-state index in [-0.39, 0.29) is 0 Å². The highest BCUT2D eigenvalue weighted by atomic mass is 79.9. The molecule has 3 heteroatoms. The molecule has 114 valence electrons. The van der Waals surface area contributed by atoms with Crippen molar-refractivity contribution in [3.05, 3.63) is 10.6 Å². The first-order valence-electron chi connectivity index (χ1n) is 8.03. The van der Waals surface area contributed by atoms with Crippen LogP contribution in [0.1, 0.15) is 66.7 Å². The van der Waals surface area contributed by atoms with Crippen molar-refractivity contribution < 1.29 is 4.43 Å². The molecular formula is C16H33BrOSi. The number of unbranched alkanes of at least 4 members (excludes halogenated alkanes) is 2. The summed E-state index contributed by atoms with van der Waals surface area (Å²) in [6.07, 6.45) is 8.92. The molecule has 0 radical (unpaired) electrons. The summed E-state index contributed by atoms with van der Waals surface area (Å²) < 4.78 is 7.89. The topological polar surface area (TPSA) is 9.23 Å². The second-order valence-electron chi connectivity index (χ2n) is 5.51. The van der Waals surface area contributed by atoms with Crippen LogP contribution in [-0.2, 0) is 4.43 Å². The Hall–Kier alpha value is 0.397. The first-order chi connectivity index (χ1) is 9.03. The average Bonchev–Trinajstić information content (AvgIpc) is 2.42. The van der Waals surface area contributed by atoms with Crippen LogP contribution < -0.4 is 0 Å². The molecule has 19 heavy (non-hydrogen) atoms. The van der Waals surface area contributed by atoms with E-state index in [9.17, 15) is 0 Å². The Morgan fingerprint density at radius 3 is 2.11 bits per heavy atom. The summed E-state index contributed by atoms with van der Waals surface area (Å²) in [6, 6.07) is 3.75. The lowest BCUT2D eigenvalue weighted by molar-refractivity contribution is 0.175. The SMILES string of the molecule is CCCCC[C@H](C/C=C(\C)Br)O[Si](CC)(CC)CC. The number of halogens is 1. The fourth-order valence-electron chi connectivity index (χ4n) is 2.49. The molecule has 0 N–H and O–H groups in total. The Labute approximate surface area is 130 Å². The van der Waals surface area contributed by atoms with Crippen LogP contribution in [-0.4, -0.2) is 14.4 Å². The summed E-state index contributed by atoms with van der Waals surface area (Å²) in [6.45, 7) is 11.3. The van der Waals surface area contributed by atoms with E-state index in [1.54, 1.807) is 0 Å². The van der Waals surface area contributed by atoms with Gasteiger partial charge in [0.25, 0.3) is 0 Å². The summed E-state index contributed by atoms with van der Waals surface area (Å²) in [5.74, 6) is 0. The molecule has 0 aromatic heterocycles. The molecule has 0 aromatic rings. The Morgan fingerprint density at radius 1 is 1.11 bits per heavy atom. The highest BCUT2D eigenvalue weighted by molar-refractivity contribution is 9.11. The maximum Gasteiger partial charge on any atom is 0.192 e. The van der Waals surface area contributed by atoms with E-state index in [1.165, 1.54) is 48.3 Å². The zero-order valence-electron chi connectivity index (χ0n) is 13.6. The average molecular weight is 349 g/mol. The smallest absolute Gasteiger partial charge is 0.192 e. The van der Waals surface area contributed by atoms with Crippen LogP contribution >= 0.6 is 15.9 Å². The van der Waals surface area contributed by atoms with E-state index in [1.807, 2.05) is 0 Å². The number of rotatable bonds is 11. The molecule has 1 nitrogen and oxygen atoms in total. The van der Waals surface area contributed by atoms with Crippen LogP contribution in [0.25, 0.3) is 0 Å². The summed E-state index contributed by atoms with van der Waals surface area (Å²) in [5, 5.41) is 0. The summed E-state index contributed by atoms with van der Waals surface area (Å²) >= 11 is 3.53. The van der Waals surface area contributed by atoms with Crippen LogP contribution in [0.15, 0.2) is 10.6 Å². The van der Waals surface area contributed by atoms with Gasteiger partial charge in [-0.3, -0.25) is 0 Å². The van der Waals surface area contributed by atoms with Gasteiger partial charge in [0.05, 0.1) is 0 Å². The number of hydrogen-bond acceptors (Lipinski definition) is 1. The molecule has 0 fully saturated rings. The van der Waals surface area contributed by atoms with Gasteiger partial charge in [0.1, 0.15) is 0 Å². The van der Waals surface area contributed by atoms with Crippen molar-refractivity contribution in [3.63, 3.8) is 0 Å². The summed E-state index contributed by atoms with van der Waals surface area (Å²) in [5.41, 5.74) is 0. The molecule has 0 spiro atoms. The van der Waals surface area contributed by atoms with Gasteiger partial charge >= 0.3 is 0 Å². The lowest BCUT2D eigenvalue weighted by Gasteiger charge is -2.33. The minimum absolute atomic E-state index is 0.436. The number of hydrogen-bond donors (Lipinski definition) is 0.